The van der Waals surface area contributed by atoms with Crippen LogP contribution in [-0.2, 0) is 11.2 Å². The molecular weight excluding hydrogens is 315 g/mol. The quantitative estimate of drug-likeness (QED) is 0.622. The van der Waals surface area contributed by atoms with E-state index in [0.29, 0.717) is 17.9 Å². The van der Waals surface area contributed by atoms with Crippen molar-refractivity contribution in [3.63, 3.8) is 0 Å². The van der Waals surface area contributed by atoms with Gasteiger partial charge in [0, 0.05) is 12.2 Å². The Labute approximate surface area is 151 Å². The van der Waals surface area contributed by atoms with Crippen molar-refractivity contribution in [1.29, 1.82) is 0 Å². The smallest absolute Gasteiger partial charge is 0.131 e. The van der Waals surface area contributed by atoms with E-state index < -0.39 is 0 Å². The number of aryl methyl sites for hydroxylation is 1. The van der Waals surface area contributed by atoms with E-state index in [2.05, 4.69) is 39.8 Å². The van der Waals surface area contributed by atoms with E-state index in [0.717, 1.165) is 17.5 Å². The number of rotatable bonds is 6. The maximum absolute atomic E-state index is 14.6. The van der Waals surface area contributed by atoms with Gasteiger partial charge in [-0.2, -0.15) is 0 Å². The molecule has 0 amide bonds. The molecule has 0 aliphatic carbocycles. The van der Waals surface area contributed by atoms with Crippen LogP contribution in [0.2, 0.25) is 0 Å². The standard InChI is InChI=1S/C22H29FO2/c1-7-15-9-11-17(18-14-16(24-6)10-12-20(18)23)19(13-15)21(25-8-2)22(3,4)5/h9-14,21H,7-8H2,1-6H3/t21-/m1/s1. The van der Waals surface area contributed by atoms with Gasteiger partial charge in [0.1, 0.15) is 11.6 Å². The third kappa shape index (κ3) is 4.40. The highest BCUT2D eigenvalue weighted by molar-refractivity contribution is 5.70. The predicted molar refractivity (Wildman–Crippen MR) is 102 cm³/mol. The lowest BCUT2D eigenvalue weighted by molar-refractivity contribution is -0.0129. The van der Waals surface area contributed by atoms with Gasteiger partial charge in [-0.25, -0.2) is 4.39 Å². The third-order valence-corrected chi connectivity index (χ3v) is 4.39. The Morgan fingerprint density at radius 3 is 2.28 bits per heavy atom. The van der Waals surface area contributed by atoms with E-state index in [1.165, 1.54) is 11.6 Å². The van der Waals surface area contributed by atoms with Gasteiger partial charge in [-0.3, -0.25) is 0 Å². The van der Waals surface area contributed by atoms with Gasteiger partial charge < -0.3 is 9.47 Å². The summed E-state index contributed by atoms with van der Waals surface area (Å²) in [6.07, 6.45) is 0.807. The van der Waals surface area contributed by atoms with Crippen LogP contribution in [-0.4, -0.2) is 13.7 Å². The van der Waals surface area contributed by atoms with Crippen LogP contribution in [0.15, 0.2) is 36.4 Å². The topological polar surface area (TPSA) is 18.5 Å². The Balaban J connectivity index is 2.70. The predicted octanol–water partition coefficient (Wildman–Crippen LogP) is 6.19. The molecule has 0 aromatic heterocycles. The van der Waals surface area contributed by atoms with Crippen LogP contribution < -0.4 is 4.74 Å². The van der Waals surface area contributed by atoms with Crippen molar-refractivity contribution in [1.82, 2.24) is 0 Å². The average molecular weight is 344 g/mol. The molecule has 0 radical (unpaired) electrons. The number of ether oxygens (including phenoxy) is 2. The second kappa shape index (κ2) is 8.01. The molecule has 0 fully saturated rings. The van der Waals surface area contributed by atoms with Crippen LogP contribution >= 0.6 is 0 Å². The molecule has 25 heavy (non-hydrogen) atoms. The summed E-state index contributed by atoms with van der Waals surface area (Å²) in [6, 6.07) is 11.1. The molecule has 2 rings (SSSR count). The van der Waals surface area contributed by atoms with Crippen LogP contribution in [0.25, 0.3) is 11.1 Å². The summed E-state index contributed by atoms with van der Waals surface area (Å²) in [7, 11) is 1.59. The minimum atomic E-state index is -0.254. The number of methoxy groups -OCH3 is 1. The van der Waals surface area contributed by atoms with Gasteiger partial charge in [-0.05, 0) is 53.6 Å². The molecule has 1 atom stereocenters. The fraction of sp³-hybridized carbons (Fsp3) is 0.455. The highest BCUT2D eigenvalue weighted by Gasteiger charge is 2.30. The van der Waals surface area contributed by atoms with E-state index in [-0.39, 0.29) is 17.3 Å². The summed E-state index contributed by atoms with van der Waals surface area (Å²) in [5.41, 5.74) is 3.55. The van der Waals surface area contributed by atoms with E-state index >= 15 is 0 Å². The summed E-state index contributed by atoms with van der Waals surface area (Å²) in [5, 5.41) is 0. The van der Waals surface area contributed by atoms with Crippen molar-refractivity contribution in [3.05, 3.63) is 53.3 Å². The molecule has 0 saturated carbocycles. The van der Waals surface area contributed by atoms with Crippen molar-refractivity contribution in [2.75, 3.05) is 13.7 Å². The van der Waals surface area contributed by atoms with Gasteiger partial charge in [0.25, 0.3) is 0 Å². The summed E-state index contributed by atoms with van der Waals surface area (Å²) in [5.74, 6) is 0.390. The zero-order chi connectivity index (χ0) is 18.6. The molecule has 0 spiro atoms. The highest BCUT2D eigenvalue weighted by atomic mass is 19.1. The first-order chi connectivity index (χ1) is 11.8. The molecule has 0 N–H and O–H groups in total. The third-order valence-electron chi connectivity index (χ3n) is 4.39. The Bertz CT molecular complexity index is 716. The molecule has 0 aliphatic rings. The van der Waals surface area contributed by atoms with Gasteiger partial charge in [0.15, 0.2) is 0 Å². The lowest BCUT2D eigenvalue weighted by Crippen LogP contribution is -2.22. The van der Waals surface area contributed by atoms with Crippen molar-refractivity contribution >= 4 is 0 Å². The second-order valence-electron chi connectivity index (χ2n) is 7.32. The van der Waals surface area contributed by atoms with Gasteiger partial charge in [-0.1, -0.05) is 45.9 Å². The maximum atomic E-state index is 14.6. The Hall–Kier alpha value is -1.87. The van der Waals surface area contributed by atoms with E-state index in [1.807, 2.05) is 13.0 Å². The SMILES string of the molecule is CCO[C@H](c1cc(CC)ccc1-c1cc(OC)ccc1F)C(C)(C)C. The number of hydrogen-bond donors (Lipinski definition) is 0. The molecule has 136 valence electrons. The minimum absolute atomic E-state index is 0.105. The molecule has 3 heteroatoms. The van der Waals surface area contributed by atoms with Gasteiger partial charge in [0.05, 0.1) is 13.2 Å². The van der Waals surface area contributed by atoms with Crippen molar-refractivity contribution in [2.45, 2.75) is 47.1 Å². The summed E-state index contributed by atoms with van der Waals surface area (Å²) >= 11 is 0. The van der Waals surface area contributed by atoms with Gasteiger partial charge >= 0.3 is 0 Å². The van der Waals surface area contributed by atoms with Gasteiger partial charge in [-0.15, -0.1) is 0 Å². The van der Waals surface area contributed by atoms with Crippen LogP contribution in [0.1, 0.15) is 51.8 Å². The largest absolute Gasteiger partial charge is 0.497 e. The highest BCUT2D eigenvalue weighted by Crippen LogP contribution is 2.42. The van der Waals surface area contributed by atoms with E-state index in [1.54, 1.807) is 19.2 Å². The average Bonchev–Trinajstić information content (AvgIpc) is 2.58. The first kappa shape index (κ1) is 19.5. The number of halogens is 1. The fourth-order valence-electron chi connectivity index (χ4n) is 3.11. The first-order valence-corrected chi connectivity index (χ1v) is 8.90. The number of hydrogen-bond acceptors (Lipinski definition) is 2. The van der Waals surface area contributed by atoms with Crippen molar-refractivity contribution < 1.29 is 13.9 Å². The zero-order valence-corrected chi connectivity index (χ0v) is 16.2. The molecule has 0 aliphatic heterocycles. The van der Waals surface area contributed by atoms with E-state index in [4.69, 9.17) is 9.47 Å². The molecule has 2 aromatic rings. The summed E-state index contributed by atoms with van der Waals surface area (Å²) in [6.45, 7) is 11.2. The summed E-state index contributed by atoms with van der Waals surface area (Å²) in [4.78, 5) is 0. The van der Waals surface area contributed by atoms with Crippen LogP contribution in [0.3, 0.4) is 0 Å². The molecule has 0 heterocycles. The van der Waals surface area contributed by atoms with E-state index in [9.17, 15) is 4.39 Å². The van der Waals surface area contributed by atoms with Gasteiger partial charge in [0.2, 0.25) is 0 Å². The molecule has 0 unspecified atom stereocenters. The molecule has 2 aromatic carbocycles. The summed E-state index contributed by atoms with van der Waals surface area (Å²) < 4.78 is 26.0. The van der Waals surface area contributed by atoms with Crippen LogP contribution in [0, 0.1) is 11.2 Å². The lowest BCUT2D eigenvalue weighted by atomic mass is 9.80. The maximum Gasteiger partial charge on any atom is 0.131 e. The molecule has 0 bridgehead atoms. The molecule has 2 nitrogen and oxygen atoms in total. The first-order valence-electron chi connectivity index (χ1n) is 8.90. The Morgan fingerprint density at radius 1 is 1.00 bits per heavy atom. The lowest BCUT2D eigenvalue weighted by Gasteiger charge is -2.32. The normalized spacial score (nSPS) is 12.9. The Kier molecular flexibility index (Phi) is 6.23. The molecule has 0 saturated heterocycles. The van der Waals surface area contributed by atoms with Crippen LogP contribution in [0.5, 0.6) is 5.75 Å². The van der Waals surface area contributed by atoms with Crippen LogP contribution in [0.4, 0.5) is 4.39 Å². The minimum Gasteiger partial charge on any atom is -0.497 e. The Morgan fingerprint density at radius 2 is 1.72 bits per heavy atom. The number of benzene rings is 2. The van der Waals surface area contributed by atoms with Crippen molar-refractivity contribution in [3.8, 4) is 16.9 Å². The second-order valence-corrected chi connectivity index (χ2v) is 7.32. The monoisotopic (exact) mass is 344 g/mol. The zero-order valence-electron chi connectivity index (χ0n) is 16.2. The molecular formula is C22H29FO2. The fourth-order valence-corrected chi connectivity index (χ4v) is 3.11. The van der Waals surface area contributed by atoms with Crippen molar-refractivity contribution in [2.24, 2.45) is 5.41 Å².